The van der Waals surface area contributed by atoms with Crippen LogP contribution in [0, 0.1) is 52.3 Å². The van der Waals surface area contributed by atoms with Crippen molar-refractivity contribution in [2.45, 2.75) is 226 Å². The molecular weight excluding hydrogens is 985 g/mol. The summed E-state index contributed by atoms with van der Waals surface area (Å²) in [4.78, 5) is 0. The van der Waals surface area contributed by atoms with Crippen molar-refractivity contribution in [3.8, 4) is 0 Å². The minimum Gasteiger partial charge on any atom is -0.394 e. The maximum Gasteiger partial charge on any atom is 0.187 e. The lowest BCUT2D eigenvalue weighted by molar-refractivity contribution is -0.404. The van der Waals surface area contributed by atoms with Crippen LogP contribution in [0.15, 0.2) is 0 Å². The van der Waals surface area contributed by atoms with Crippen molar-refractivity contribution in [1.82, 2.24) is 0 Å². The van der Waals surface area contributed by atoms with Gasteiger partial charge in [-0.15, -0.1) is 0 Å². The van der Waals surface area contributed by atoms with Gasteiger partial charge in [0, 0.05) is 18.3 Å². The maximum absolute atomic E-state index is 12.3. The Hall–Kier alpha value is -0.960. The molecule has 0 bridgehead atoms. The van der Waals surface area contributed by atoms with E-state index >= 15 is 0 Å². The predicted octanol–water partition coefficient (Wildman–Crippen LogP) is -4.33. The van der Waals surface area contributed by atoms with Gasteiger partial charge in [-0.2, -0.15) is 0 Å². The quantitative estimate of drug-likeness (QED) is 0.0870. The molecule has 0 unspecified atom stereocenters. The molecular formula is C50H82O24. The molecule has 10 rings (SSSR count). The molecule has 10 fully saturated rings. The van der Waals surface area contributed by atoms with Gasteiger partial charge in [-0.1, -0.05) is 27.7 Å². The summed E-state index contributed by atoms with van der Waals surface area (Å²) < 4.78 is 60.8. The molecule has 426 valence electrons. The zero-order chi connectivity index (χ0) is 53.1. The predicted molar refractivity (Wildman–Crippen MR) is 245 cm³/mol. The highest BCUT2D eigenvalue weighted by atomic mass is 16.8. The van der Waals surface area contributed by atoms with Gasteiger partial charge in [0.1, 0.15) is 91.6 Å². The van der Waals surface area contributed by atoms with E-state index in [1.165, 1.54) is 0 Å². The molecule has 14 N–H and O–H groups in total. The fourth-order valence-electron chi connectivity index (χ4n) is 16.0. The molecule has 0 aromatic carbocycles. The Morgan fingerprint density at radius 2 is 1.14 bits per heavy atom. The lowest BCUT2D eigenvalue weighted by Crippen LogP contribution is -2.68. The Bertz CT molecular complexity index is 1900. The van der Waals surface area contributed by atoms with E-state index in [2.05, 4.69) is 27.7 Å². The first-order valence-corrected chi connectivity index (χ1v) is 26.9. The molecule has 74 heavy (non-hydrogen) atoms. The standard InChI is InChI=1S/C50H82O24/c1-18-7-10-50(66-16-18)19(2)29-41(74-50)34(59)30-21-6-5-20-11-25(23(54)12-49(20,4)22(21)8-9-48(29,30)3)67-45-39(64)36(61)40(28(15-53)70-45)71-47-43(73-46-38(63)35(60)32(57)26(13-51)68-46)42(33(58)27(14-52)69-47)72-44-37(62)31(56)24(55)17-65-44/h18-47,51-64H,5-17H2,1-4H3/t18-,19+,20+,21-,22-,23-,24-,25-,26-,27-,28-,29+,30-,31+,32+,33-,34+,35+,36-,37-,38-,39-,40+,41-,42+,43-,44+,45-,46+,47+,48-,49+,50-/m1/s1. The van der Waals surface area contributed by atoms with Crippen molar-refractivity contribution >= 4 is 0 Å². The third-order valence-corrected chi connectivity index (χ3v) is 20.0. The zero-order valence-corrected chi connectivity index (χ0v) is 42.4. The fourth-order valence-corrected chi connectivity index (χ4v) is 16.0. The topological polar surface area (TPSA) is 376 Å². The van der Waals surface area contributed by atoms with Crippen molar-refractivity contribution in [3.63, 3.8) is 0 Å². The first-order valence-electron chi connectivity index (χ1n) is 26.9. The summed E-state index contributed by atoms with van der Waals surface area (Å²) >= 11 is 0. The van der Waals surface area contributed by atoms with Gasteiger partial charge in [-0.05, 0) is 85.4 Å². The zero-order valence-electron chi connectivity index (χ0n) is 42.4. The summed E-state index contributed by atoms with van der Waals surface area (Å²) in [6.45, 7) is 6.51. The molecule has 6 heterocycles. The largest absolute Gasteiger partial charge is 0.394 e. The lowest BCUT2D eigenvalue weighted by Gasteiger charge is -2.62. The van der Waals surface area contributed by atoms with Crippen molar-refractivity contribution in [1.29, 1.82) is 0 Å². The molecule has 24 nitrogen and oxygen atoms in total. The number of hydrogen-bond acceptors (Lipinski definition) is 24. The minimum absolute atomic E-state index is 0.0229. The summed E-state index contributed by atoms with van der Waals surface area (Å²) in [5.74, 6) is 0.623. The molecule has 0 aromatic rings. The van der Waals surface area contributed by atoms with Crippen LogP contribution < -0.4 is 0 Å². The smallest absolute Gasteiger partial charge is 0.187 e. The summed E-state index contributed by atoms with van der Waals surface area (Å²) in [6.07, 6.45) is -30.7. The molecule has 4 aliphatic carbocycles. The van der Waals surface area contributed by atoms with Gasteiger partial charge >= 0.3 is 0 Å². The fraction of sp³-hybridized carbons (Fsp3) is 1.00. The third-order valence-electron chi connectivity index (χ3n) is 20.0. The molecule has 0 aromatic heterocycles. The van der Waals surface area contributed by atoms with Gasteiger partial charge in [0.25, 0.3) is 0 Å². The normalized spacial score (nSPS) is 58.6. The monoisotopic (exact) mass is 1070 g/mol. The molecule has 0 radical (unpaired) electrons. The Morgan fingerprint density at radius 3 is 1.82 bits per heavy atom. The Morgan fingerprint density at radius 1 is 0.514 bits per heavy atom. The lowest BCUT2D eigenvalue weighted by atomic mass is 9.44. The molecule has 33 atom stereocenters. The summed E-state index contributed by atoms with van der Waals surface area (Å²) in [5.41, 5.74) is -0.460. The van der Waals surface area contributed by atoms with Crippen LogP contribution in [-0.2, 0) is 47.4 Å². The Labute approximate surface area is 429 Å². The van der Waals surface area contributed by atoms with Crippen LogP contribution in [0.4, 0.5) is 0 Å². The molecule has 6 saturated heterocycles. The van der Waals surface area contributed by atoms with Gasteiger partial charge in [-0.25, -0.2) is 0 Å². The number of aliphatic hydroxyl groups excluding tert-OH is 14. The number of hydrogen-bond donors (Lipinski definition) is 14. The van der Waals surface area contributed by atoms with Gasteiger partial charge in [-0.3, -0.25) is 0 Å². The van der Waals surface area contributed by atoms with Crippen LogP contribution in [0.3, 0.4) is 0 Å². The molecule has 4 saturated carbocycles. The van der Waals surface area contributed by atoms with E-state index in [4.69, 9.17) is 47.4 Å². The second-order valence-electron chi connectivity index (χ2n) is 24.1. The first-order chi connectivity index (χ1) is 35.1. The van der Waals surface area contributed by atoms with E-state index in [9.17, 15) is 71.5 Å². The SMILES string of the molecule is C[C@@H]1CC[C@@]2(OC1)O[C@H]1[C@@H](O)[C@H]3[C@@H]4CC[C@H]5C[C@@H](O[C@@H]6O[C@H](CO)[C@H](O[C@@H]7O[C@H](CO)[C@@H](O)[C@H](O[C@@H]8OC[C@@H](O)[C@H](O)[C@H]8O)[C@H]7O[C@@H]7O[C@H](CO)[C@H](O)[C@H](O)[C@H]7O)[C@H](O)[C@H]6O)[C@H](O)C[C@]5(C)[C@@H]4CC[C@]3(C)[C@H]1[C@@H]2C. The van der Waals surface area contributed by atoms with Crippen molar-refractivity contribution in [2.75, 3.05) is 33.0 Å². The molecule has 24 heteroatoms. The number of fused-ring (bicyclic) bond motifs is 7. The highest BCUT2D eigenvalue weighted by Gasteiger charge is 2.73. The van der Waals surface area contributed by atoms with E-state index in [1.54, 1.807) is 0 Å². The molecule has 1 spiro atoms. The summed E-state index contributed by atoms with van der Waals surface area (Å²) in [6, 6.07) is 0. The molecule has 6 aliphatic heterocycles. The van der Waals surface area contributed by atoms with E-state index in [1.807, 2.05) is 0 Å². The number of rotatable bonds is 11. The Kier molecular flexibility index (Phi) is 16.4. The van der Waals surface area contributed by atoms with Crippen LogP contribution in [0.2, 0.25) is 0 Å². The van der Waals surface area contributed by atoms with Gasteiger partial charge in [0.05, 0.1) is 57.5 Å². The van der Waals surface area contributed by atoms with E-state index in [0.29, 0.717) is 25.4 Å². The average Bonchev–Trinajstić information content (AvgIpc) is 3.79. The minimum atomic E-state index is -2.03. The van der Waals surface area contributed by atoms with Crippen molar-refractivity contribution < 1.29 is 119 Å². The van der Waals surface area contributed by atoms with Crippen molar-refractivity contribution in [3.05, 3.63) is 0 Å². The van der Waals surface area contributed by atoms with Crippen LogP contribution >= 0.6 is 0 Å². The van der Waals surface area contributed by atoms with Crippen LogP contribution in [0.25, 0.3) is 0 Å². The highest BCUT2D eigenvalue weighted by Crippen LogP contribution is 2.71. The van der Waals surface area contributed by atoms with E-state index < -0.39 is 167 Å². The van der Waals surface area contributed by atoms with Gasteiger partial charge in [0.2, 0.25) is 0 Å². The second kappa shape index (κ2) is 21.5. The van der Waals surface area contributed by atoms with Crippen LogP contribution in [0.5, 0.6) is 0 Å². The number of ether oxygens (including phenoxy) is 10. The van der Waals surface area contributed by atoms with Crippen LogP contribution in [0.1, 0.15) is 79.1 Å². The Balaban J connectivity index is 0.830. The van der Waals surface area contributed by atoms with Crippen LogP contribution in [-0.4, -0.2) is 251 Å². The highest BCUT2D eigenvalue weighted by molar-refractivity contribution is 5.19. The third kappa shape index (κ3) is 9.35. The van der Waals surface area contributed by atoms with Gasteiger partial charge in [0.15, 0.2) is 30.9 Å². The van der Waals surface area contributed by atoms with E-state index in [-0.39, 0.29) is 52.4 Å². The number of aliphatic hydroxyl groups is 14. The van der Waals surface area contributed by atoms with Gasteiger partial charge < -0.3 is 119 Å². The first kappa shape index (κ1) is 56.3. The summed E-state index contributed by atoms with van der Waals surface area (Å²) in [5, 5.41) is 154. The second-order valence-corrected chi connectivity index (χ2v) is 24.1. The van der Waals surface area contributed by atoms with E-state index in [0.717, 1.165) is 38.5 Å². The molecule has 10 aliphatic rings. The summed E-state index contributed by atoms with van der Waals surface area (Å²) in [7, 11) is 0. The molecule has 0 amide bonds. The maximum atomic E-state index is 12.3. The van der Waals surface area contributed by atoms with Crippen molar-refractivity contribution in [2.24, 2.45) is 52.3 Å². The average molecular weight is 1070 g/mol.